The van der Waals surface area contributed by atoms with Crippen LogP contribution in [-0.4, -0.2) is 38.2 Å². The molecule has 0 saturated heterocycles. The van der Waals surface area contributed by atoms with Gasteiger partial charge >= 0.3 is 0 Å². The van der Waals surface area contributed by atoms with Crippen LogP contribution in [0.1, 0.15) is 17.5 Å². The van der Waals surface area contributed by atoms with Crippen molar-refractivity contribution in [2.24, 2.45) is 0 Å². The Morgan fingerprint density at radius 3 is 2.55 bits per heavy atom. The summed E-state index contributed by atoms with van der Waals surface area (Å²) >= 11 is 1.61. The van der Waals surface area contributed by atoms with Crippen molar-refractivity contribution in [1.29, 1.82) is 0 Å². The fourth-order valence-electron chi connectivity index (χ4n) is 1.64. The lowest BCUT2D eigenvalue weighted by Gasteiger charge is -2.11. The summed E-state index contributed by atoms with van der Waals surface area (Å²) in [4.78, 5) is 0.140. The zero-order valence-electron chi connectivity index (χ0n) is 11.8. The molecule has 5 nitrogen and oxygen atoms in total. The van der Waals surface area contributed by atoms with Gasteiger partial charge in [-0.25, -0.2) is 13.1 Å². The van der Waals surface area contributed by atoms with Crippen LogP contribution in [0.4, 0.5) is 5.69 Å². The Hall–Kier alpha value is -0.760. The highest BCUT2D eigenvalue weighted by Gasteiger charge is 2.17. The molecule has 20 heavy (non-hydrogen) atoms. The first-order valence-corrected chi connectivity index (χ1v) is 9.07. The van der Waals surface area contributed by atoms with Gasteiger partial charge < -0.3 is 10.8 Å². The zero-order valence-corrected chi connectivity index (χ0v) is 13.5. The number of anilines is 1. The molecule has 4 N–H and O–H groups in total. The molecule has 0 saturated carbocycles. The Balaban J connectivity index is 2.63. The lowest BCUT2D eigenvalue weighted by Crippen LogP contribution is -2.27. The molecule has 0 heterocycles. The molecule has 0 atom stereocenters. The third-order valence-electron chi connectivity index (χ3n) is 2.90. The standard InChI is InChI=1S/C13H22N2O3S2/c1-10-8-12(14)13(9-11(10)2)20(17,18)15-4-7-19-6-3-5-16/h8-9,15-16H,3-7,14H2,1-2H3. The van der Waals surface area contributed by atoms with Gasteiger partial charge in [-0.1, -0.05) is 0 Å². The number of aliphatic hydroxyl groups excluding tert-OH is 1. The molecule has 1 rings (SSSR count). The van der Waals surface area contributed by atoms with Crippen LogP contribution in [0.2, 0.25) is 0 Å². The number of thioether (sulfide) groups is 1. The van der Waals surface area contributed by atoms with E-state index in [1.807, 2.05) is 13.8 Å². The van der Waals surface area contributed by atoms with E-state index in [2.05, 4.69) is 4.72 Å². The summed E-state index contributed by atoms with van der Waals surface area (Å²) in [5, 5.41) is 8.64. The summed E-state index contributed by atoms with van der Waals surface area (Å²) in [7, 11) is -3.56. The van der Waals surface area contributed by atoms with Crippen LogP contribution in [0.25, 0.3) is 0 Å². The van der Waals surface area contributed by atoms with E-state index in [-0.39, 0.29) is 17.2 Å². The fraction of sp³-hybridized carbons (Fsp3) is 0.538. The molecule has 0 unspecified atom stereocenters. The summed E-state index contributed by atoms with van der Waals surface area (Å²) < 4.78 is 26.9. The molecule has 0 aliphatic rings. The molecule has 0 radical (unpaired) electrons. The quantitative estimate of drug-likeness (QED) is 0.496. The molecule has 114 valence electrons. The summed E-state index contributed by atoms with van der Waals surface area (Å²) in [5.41, 5.74) is 7.94. The Labute approximate surface area is 125 Å². The van der Waals surface area contributed by atoms with Gasteiger partial charge in [-0.3, -0.25) is 0 Å². The highest BCUT2D eigenvalue weighted by atomic mass is 32.2. The van der Waals surface area contributed by atoms with Gasteiger partial charge in [0, 0.05) is 18.9 Å². The molecule has 0 bridgehead atoms. The minimum atomic E-state index is -3.56. The first-order valence-electron chi connectivity index (χ1n) is 6.43. The van der Waals surface area contributed by atoms with Crippen molar-refractivity contribution < 1.29 is 13.5 Å². The van der Waals surface area contributed by atoms with Crippen molar-refractivity contribution in [1.82, 2.24) is 4.72 Å². The number of nitrogens with one attached hydrogen (secondary N) is 1. The Bertz CT molecular complexity index is 545. The SMILES string of the molecule is Cc1cc(N)c(S(=O)(=O)NCCSCCCO)cc1C. The third kappa shape index (κ3) is 4.97. The van der Waals surface area contributed by atoms with Gasteiger partial charge in [0.1, 0.15) is 4.90 Å². The van der Waals surface area contributed by atoms with Gasteiger partial charge in [0.05, 0.1) is 5.69 Å². The lowest BCUT2D eigenvalue weighted by atomic mass is 10.1. The molecule has 0 aliphatic heterocycles. The number of aryl methyl sites for hydroxylation is 2. The Kier molecular flexibility index (Phi) is 6.81. The van der Waals surface area contributed by atoms with Crippen molar-refractivity contribution in [3.63, 3.8) is 0 Å². The van der Waals surface area contributed by atoms with Crippen LogP contribution >= 0.6 is 11.8 Å². The van der Waals surface area contributed by atoms with Crippen molar-refractivity contribution in [2.75, 3.05) is 30.4 Å². The van der Waals surface area contributed by atoms with E-state index >= 15 is 0 Å². The number of nitrogens with two attached hydrogens (primary N) is 1. The van der Waals surface area contributed by atoms with E-state index in [1.165, 1.54) is 0 Å². The first-order chi connectivity index (χ1) is 9.38. The van der Waals surface area contributed by atoms with E-state index in [9.17, 15) is 8.42 Å². The Morgan fingerprint density at radius 1 is 1.25 bits per heavy atom. The summed E-state index contributed by atoms with van der Waals surface area (Å²) in [6, 6.07) is 3.28. The number of hydrogen-bond acceptors (Lipinski definition) is 5. The lowest BCUT2D eigenvalue weighted by molar-refractivity contribution is 0.296. The molecule has 0 aromatic heterocycles. The second-order valence-electron chi connectivity index (χ2n) is 4.56. The van der Waals surface area contributed by atoms with Crippen LogP contribution in [0.3, 0.4) is 0 Å². The number of nitrogen functional groups attached to an aromatic ring is 1. The number of rotatable bonds is 8. The third-order valence-corrected chi connectivity index (χ3v) is 5.49. The minimum Gasteiger partial charge on any atom is -0.398 e. The fourth-order valence-corrected chi connectivity index (χ4v) is 3.78. The Morgan fingerprint density at radius 2 is 1.90 bits per heavy atom. The highest BCUT2D eigenvalue weighted by molar-refractivity contribution is 7.99. The average molecular weight is 318 g/mol. The number of sulfonamides is 1. The van der Waals surface area contributed by atoms with Gasteiger partial charge in [-0.05, 0) is 49.3 Å². The first kappa shape index (κ1) is 17.3. The number of aliphatic hydroxyl groups is 1. The van der Waals surface area contributed by atoms with Crippen LogP contribution in [0.15, 0.2) is 17.0 Å². The molecular weight excluding hydrogens is 296 g/mol. The van der Waals surface area contributed by atoms with E-state index in [1.54, 1.807) is 23.9 Å². The number of hydrogen-bond donors (Lipinski definition) is 3. The van der Waals surface area contributed by atoms with Gasteiger partial charge in [-0.15, -0.1) is 0 Å². The topological polar surface area (TPSA) is 92.4 Å². The maximum Gasteiger partial charge on any atom is 0.242 e. The average Bonchev–Trinajstić information content (AvgIpc) is 2.37. The van der Waals surface area contributed by atoms with Gasteiger partial charge in [0.25, 0.3) is 0 Å². The van der Waals surface area contributed by atoms with E-state index in [0.29, 0.717) is 12.3 Å². The van der Waals surface area contributed by atoms with Crippen LogP contribution in [0, 0.1) is 13.8 Å². The summed E-state index contributed by atoms with van der Waals surface area (Å²) in [5.74, 6) is 1.49. The second kappa shape index (κ2) is 7.87. The van der Waals surface area contributed by atoms with Gasteiger partial charge in [0.2, 0.25) is 10.0 Å². The second-order valence-corrected chi connectivity index (χ2v) is 7.52. The van der Waals surface area contributed by atoms with E-state index in [4.69, 9.17) is 10.8 Å². The van der Waals surface area contributed by atoms with Crippen LogP contribution in [-0.2, 0) is 10.0 Å². The molecule has 0 aliphatic carbocycles. The van der Waals surface area contributed by atoms with Crippen molar-refractivity contribution in [2.45, 2.75) is 25.2 Å². The molecule has 0 amide bonds. The van der Waals surface area contributed by atoms with Gasteiger partial charge in [0.15, 0.2) is 0 Å². The summed E-state index contributed by atoms with van der Waals surface area (Å²) in [6.07, 6.45) is 0.724. The van der Waals surface area contributed by atoms with Crippen molar-refractivity contribution in [3.05, 3.63) is 23.3 Å². The maximum atomic E-state index is 12.2. The smallest absolute Gasteiger partial charge is 0.242 e. The highest BCUT2D eigenvalue weighted by Crippen LogP contribution is 2.22. The largest absolute Gasteiger partial charge is 0.398 e. The predicted molar refractivity (Wildman–Crippen MR) is 84.5 cm³/mol. The van der Waals surface area contributed by atoms with E-state index < -0.39 is 10.0 Å². The molecule has 0 fully saturated rings. The van der Waals surface area contributed by atoms with Crippen molar-refractivity contribution >= 4 is 27.5 Å². The summed E-state index contributed by atoms with van der Waals surface area (Å²) in [6.45, 7) is 4.27. The number of benzene rings is 1. The molecule has 7 heteroatoms. The monoisotopic (exact) mass is 318 g/mol. The zero-order chi connectivity index (χ0) is 15.2. The predicted octanol–water partition coefficient (Wildman–Crippen LogP) is 1.28. The molecule has 1 aromatic rings. The van der Waals surface area contributed by atoms with E-state index in [0.717, 1.165) is 23.3 Å². The van der Waals surface area contributed by atoms with Crippen molar-refractivity contribution in [3.8, 4) is 0 Å². The minimum absolute atomic E-state index is 0.140. The molecule has 0 spiro atoms. The molecule has 1 aromatic carbocycles. The van der Waals surface area contributed by atoms with Crippen LogP contribution < -0.4 is 10.5 Å². The normalized spacial score (nSPS) is 11.8. The van der Waals surface area contributed by atoms with Gasteiger partial charge in [-0.2, -0.15) is 11.8 Å². The van der Waals surface area contributed by atoms with Crippen LogP contribution in [0.5, 0.6) is 0 Å². The molecular formula is C13H22N2O3S2. The maximum absolute atomic E-state index is 12.2.